The maximum atomic E-state index is 8.53. The first kappa shape index (κ1) is 7.93. The molecule has 2 aromatic heterocycles. The number of aryl methyl sites for hydroxylation is 1. The smallest absolute Gasteiger partial charge is 0.224 e. The molecule has 4 rings (SSSR count). The molecular formula is C13H15ClN6. The summed E-state index contributed by atoms with van der Waals surface area (Å²) in [4.78, 5) is 9.95. The van der Waals surface area contributed by atoms with Crippen molar-refractivity contribution in [3.63, 3.8) is 0 Å². The first-order chi connectivity index (χ1) is 11.6. The molecule has 1 fully saturated rings. The molecule has 20 heavy (non-hydrogen) atoms. The SMILES string of the molecule is [2H]C([2H])([2H])C([2H])([2H])[C@@]12CCCN1c1nc(Cl)ncc1-n1c(C)nnc12. The van der Waals surface area contributed by atoms with Crippen LogP contribution < -0.4 is 4.90 Å². The number of halogens is 1. The number of fused-ring (bicyclic) bond motifs is 6. The van der Waals surface area contributed by atoms with E-state index in [2.05, 4.69) is 20.2 Å². The summed E-state index contributed by atoms with van der Waals surface area (Å²) in [6, 6.07) is 0. The number of rotatable bonds is 1. The fourth-order valence-corrected chi connectivity index (χ4v) is 3.27. The Labute approximate surface area is 128 Å². The van der Waals surface area contributed by atoms with Crippen molar-refractivity contribution in [3.8, 4) is 5.69 Å². The molecule has 0 aromatic carbocycles. The van der Waals surface area contributed by atoms with Gasteiger partial charge in [-0.15, -0.1) is 10.2 Å². The number of nitrogens with zero attached hydrogens (tertiary/aromatic N) is 6. The van der Waals surface area contributed by atoms with Crippen LogP contribution in [0.3, 0.4) is 0 Å². The van der Waals surface area contributed by atoms with E-state index in [0.29, 0.717) is 30.3 Å². The summed E-state index contributed by atoms with van der Waals surface area (Å²) in [5.74, 6) is 1.18. The quantitative estimate of drug-likeness (QED) is 0.755. The zero-order chi connectivity index (χ0) is 18.2. The number of hydrogen-bond acceptors (Lipinski definition) is 5. The van der Waals surface area contributed by atoms with E-state index >= 15 is 0 Å². The Morgan fingerprint density at radius 1 is 1.55 bits per heavy atom. The molecule has 0 amide bonds. The summed E-state index contributed by atoms with van der Waals surface area (Å²) in [5, 5.41) is 8.25. The van der Waals surface area contributed by atoms with Crippen molar-refractivity contribution in [1.82, 2.24) is 24.7 Å². The molecule has 104 valence electrons. The Bertz CT molecular complexity index is 865. The topological polar surface area (TPSA) is 59.7 Å². The number of anilines is 1. The summed E-state index contributed by atoms with van der Waals surface area (Å²) in [7, 11) is 0. The number of aromatic nitrogens is 5. The molecule has 1 saturated heterocycles. The van der Waals surface area contributed by atoms with Gasteiger partial charge in [-0.05, 0) is 37.7 Å². The van der Waals surface area contributed by atoms with Crippen LogP contribution in [0.2, 0.25) is 5.28 Å². The minimum Gasteiger partial charge on any atom is -0.342 e. The molecule has 0 radical (unpaired) electrons. The van der Waals surface area contributed by atoms with Crippen molar-refractivity contribution < 1.29 is 6.85 Å². The van der Waals surface area contributed by atoms with Crippen LogP contribution in [0.25, 0.3) is 5.69 Å². The highest BCUT2D eigenvalue weighted by Gasteiger charge is 2.50. The van der Waals surface area contributed by atoms with Crippen LogP contribution in [0, 0.1) is 6.92 Å². The van der Waals surface area contributed by atoms with Crippen LogP contribution in [0.15, 0.2) is 6.20 Å². The van der Waals surface area contributed by atoms with E-state index < -0.39 is 18.8 Å². The van der Waals surface area contributed by atoms with Gasteiger partial charge in [0.2, 0.25) is 5.28 Å². The van der Waals surface area contributed by atoms with Crippen LogP contribution in [0.4, 0.5) is 5.82 Å². The largest absolute Gasteiger partial charge is 0.342 e. The monoisotopic (exact) mass is 295 g/mol. The lowest BCUT2D eigenvalue weighted by atomic mass is 9.90. The second-order valence-corrected chi connectivity index (χ2v) is 5.33. The fourth-order valence-electron chi connectivity index (χ4n) is 3.14. The zero-order valence-corrected chi connectivity index (χ0v) is 11.5. The van der Waals surface area contributed by atoms with Gasteiger partial charge in [-0.1, -0.05) is 6.85 Å². The van der Waals surface area contributed by atoms with Crippen molar-refractivity contribution in [2.75, 3.05) is 11.4 Å². The highest BCUT2D eigenvalue weighted by molar-refractivity contribution is 6.28. The third-order valence-corrected chi connectivity index (χ3v) is 4.18. The van der Waals surface area contributed by atoms with Gasteiger partial charge in [-0.2, -0.15) is 4.98 Å². The molecule has 6 nitrogen and oxygen atoms in total. The van der Waals surface area contributed by atoms with Crippen LogP contribution in [0.5, 0.6) is 0 Å². The third kappa shape index (κ3) is 1.30. The lowest BCUT2D eigenvalue weighted by Crippen LogP contribution is -2.47. The van der Waals surface area contributed by atoms with E-state index in [0.717, 1.165) is 0 Å². The highest BCUT2D eigenvalue weighted by Crippen LogP contribution is 2.48. The van der Waals surface area contributed by atoms with Crippen molar-refractivity contribution in [2.24, 2.45) is 0 Å². The van der Waals surface area contributed by atoms with Gasteiger partial charge in [0.15, 0.2) is 11.6 Å². The van der Waals surface area contributed by atoms with Gasteiger partial charge in [0.25, 0.3) is 0 Å². The maximum absolute atomic E-state index is 8.53. The van der Waals surface area contributed by atoms with E-state index in [9.17, 15) is 0 Å². The average molecular weight is 296 g/mol. The van der Waals surface area contributed by atoms with Crippen molar-refractivity contribution in [2.45, 2.75) is 38.5 Å². The molecule has 0 aliphatic carbocycles. The van der Waals surface area contributed by atoms with Crippen LogP contribution in [-0.2, 0) is 5.54 Å². The Hall–Kier alpha value is -1.69. The zero-order valence-electron chi connectivity index (χ0n) is 15.8. The summed E-state index contributed by atoms with van der Waals surface area (Å²) in [6.45, 7) is -0.686. The van der Waals surface area contributed by atoms with Gasteiger partial charge in [0.05, 0.1) is 6.20 Å². The first-order valence-electron chi connectivity index (χ1n) is 8.84. The Morgan fingerprint density at radius 2 is 2.45 bits per heavy atom. The molecular weight excluding hydrogens is 276 g/mol. The van der Waals surface area contributed by atoms with E-state index in [1.807, 2.05) is 0 Å². The molecule has 4 heterocycles. The van der Waals surface area contributed by atoms with Gasteiger partial charge in [-0.3, -0.25) is 4.57 Å². The molecule has 7 heteroatoms. The third-order valence-electron chi connectivity index (χ3n) is 4.00. The Morgan fingerprint density at radius 3 is 3.30 bits per heavy atom. The Kier molecular flexibility index (Phi) is 1.55. The van der Waals surface area contributed by atoms with E-state index in [1.54, 1.807) is 16.4 Å². The number of hydrogen-bond donors (Lipinski definition) is 0. The van der Waals surface area contributed by atoms with Gasteiger partial charge in [0, 0.05) is 13.4 Å². The summed E-state index contributed by atoms with van der Waals surface area (Å²) >= 11 is 5.96. The molecule has 0 bridgehead atoms. The van der Waals surface area contributed by atoms with Crippen molar-refractivity contribution >= 4 is 17.4 Å². The second-order valence-electron chi connectivity index (χ2n) is 4.99. The molecule has 0 spiro atoms. The van der Waals surface area contributed by atoms with Gasteiger partial charge in [0.1, 0.15) is 17.1 Å². The molecule has 1 atom stereocenters. The lowest BCUT2D eigenvalue weighted by Gasteiger charge is -2.42. The van der Waals surface area contributed by atoms with Gasteiger partial charge >= 0.3 is 0 Å². The standard InChI is InChI=1S/C13H15ClN6/c1-3-13-5-4-6-19(13)10-9(7-15-12(14)16-10)20-8(2)17-18-11(13)20/h7H,3-6H2,1-2H3/t13-/m0/s1/i1D3,3D2. The highest BCUT2D eigenvalue weighted by atomic mass is 35.5. The summed E-state index contributed by atoms with van der Waals surface area (Å²) in [6.07, 6.45) is -0.152. The van der Waals surface area contributed by atoms with Gasteiger partial charge in [-0.25, -0.2) is 4.98 Å². The molecule has 0 saturated carbocycles. The lowest BCUT2D eigenvalue weighted by molar-refractivity contribution is 0.381. The van der Waals surface area contributed by atoms with Crippen molar-refractivity contribution in [1.29, 1.82) is 0 Å². The van der Waals surface area contributed by atoms with E-state index in [-0.39, 0.29) is 17.5 Å². The molecule has 0 unspecified atom stereocenters. The van der Waals surface area contributed by atoms with Crippen LogP contribution in [-0.4, -0.2) is 31.3 Å². The Balaban J connectivity index is 2.09. The van der Waals surface area contributed by atoms with E-state index in [4.69, 9.17) is 18.5 Å². The normalized spacial score (nSPS) is 28.5. The van der Waals surface area contributed by atoms with Crippen LogP contribution >= 0.6 is 11.6 Å². The summed E-state index contributed by atoms with van der Waals surface area (Å²) in [5.41, 5.74) is -0.926. The molecule has 0 N–H and O–H groups in total. The predicted molar refractivity (Wildman–Crippen MR) is 75.2 cm³/mol. The minimum absolute atomic E-state index is 0.0168. The van der Waals surface area contributed by atoms with Crippen molar-refractivity contribution in [3.05, 3.63) is 23.1 Å². The van der Waals surface area contributed by atoms with Gasteiger partial charge < -0.3 is 4.90 Å². The maximum Gasteiger partial charge on any atom is 0.224 e. The predicted octanol–water partition coefficient (Wildman–Crippen LogP) is 2.24. The molecule has 2 aromatic rings. The molecule has 2 aliphatic rings. The fraction of sp³-hybridized carbons (Fsp3) is 0.538. The van der Waals surface area contributed by atoms with E-state index in [1.165, 1.54) is 6.20 Å². The average Bonchev–Trinajstić information content (AvgIpc) is 3.11. The van der Waals surface area contributed by atoms with Crippen LogP contribution in [0.1, 0.15) is 44.6 Å². The molecule has 2 aliphatic heterocycles. The second kappa shape index (κ2) is 3.91. The minimum atomic E-state index is -2.85. The summed E-state index contributed by atoms with van der Waals surface area (Å²) < 4.78 is 42.1. The first-order valence-corrected chi connectivity index (χ1v) is 6.72.